The number of carbonyl (C=O) groups is 1. The monoisotopic (exact) mass is 311 g/mol. The van der Waals surface area contributed by atoms with Crippen LogP contribution in [0.15, 0.2) is 36.4 Å². The molecule has 2 rings (SSSR count). The molecule has 4 heteroatoms. The molecule has 0 saturated heterocycles. The van der Waals surface area contributed by atoms with E-state index in [1.165, 1.54) is 0 Å². The number of aromatic nitrogens is 2. The van der Waals surface area contributed by atoms with E-state index in [-0.39, 0.29) is 5.91 Å². The van der Waals surface area contributed by atoms with E-state index in [2.05, 4.69) is 5.10 Å². The highest BCUT2D eigenvalue weighted by Gasteiger charge is 2.21. The first-order valence-electron chi connectivity index (χ1n) is 8.13. The smallest absolute Gasteiger partial charge is 0.257 e. The van der Waals surface area contributed by atoms with Crippen molar-refractivity contribution in [3.8, 4) is 0 Å². The van der Waals surface area contributed by atoms with Crippen LogP contribution in [0.4, 0.5) is 0 Å². The normalized spacial score (nSPS) is 11.1. The van der Waals surface area contributed by atoms with Crippen molar-refractivity contribution < 1.29 is 4.79 Å². The number of likely N-dealkylation sites (N-methyl/N-ethyl adjacent to an activating group) is 1. The molecule has 0 unspecified atom stereocenters. The molecule has 23 heavy (non-hydrogen) atoms. The van der Waals surface area contributed by atoms with Gasteiger partial charge in [0, 0.05) is 25.3 Å². The third kappa shape index (κ3) is 3.89. The summed E-state index contributed by atoms with van der Waals surface area (Å²) in [5, 5.41) is 4.45. The average Bonchev–Trinajstić information content (AvgIpc) is 2.86. The highest BCUT2D eigenvalue weighted by Crippen LogP contribution is 2.16. The molecule has 2 aromatic rings. The predicted molar refractivity (Wildman–Crippen MR) is 94.4 cm³/mol. The van der Waals surface area contributed by atoms with Gasteiger partial charge in [-0.05, 0) is 33.3 Å². The summed E-state index contributed by atoms with van der Waals surface area (Å²) in [4.78, 5) is 14.7. The number of aryl methyl sites for hydroxylation is 2. The van der Waals surface area contributed by atoms with Crippen LogP contribution in [0.25, 0.3) is 6.08 Å². The maximum absolute atomic E-state index is 12.8. The van der Waals surface area contributed by atoms with Gasteiger partial charge < -0.3 is 4.90 Å². The van der Waals surface area contributed by atoms with Crippen LogP contribution in [-0.2, 0) is 6.54 Å². The van der Waals surface area contributed by atoms with E-state index in [0.29, 0.717) is 13.1 Å². The first kappa shape index (κ1) is 17.0. The lowest BCUT2D eigenvalue weighted by atomic mass is 10.1. The van der Waals surface area contributed by atoms with Crippen molar-refractivity contribution >= 4 is 12.0 Å². The topological polar surface area (TPSA) is 38.1 Å². The zero-order valence-corrected chi connectivity index (χ0v) is 14.4. The number of benzene rings is 1. The third-order valence-corrected chi connectivity index (χ3v) is 4.00. The molecule has 0 aliphatic heterocycles. The van der Waals surface area contributed by atoms with Gasteiger partial charge in [-0.2, -0.15) is 5.10 Å². The van der Waals surface area contributed by atoms with Crippen molar-refractivity contribution in [1.29, 1.82) is 0 Å². The summed E-state index contributed by atoms with van der Waals surface area (Å²) in [6.45, 7) is 9.95. The summed E-state index contributed by atoms with van der Waals surface area (Å²) < 4.78 is 1.89. The van der Waals surface area contributed by atoms with Crippen molar-refractivity contribution in [2.75, 3.05) is 13.1 Å². The van der Waals surface area contributed by atoms with Crippen LogP contribution >= 0.6 is 0 Å². The van der Waals surface area contributed by atoms with Crippen LogP contribution in [0, 0.1) is 13.8 Å². The lowest BCUT2D eigenvalue weighted by molar-refractivity contribution is 0.0780. The highest BCUT2D eigenvalue weighted by molar-refractivity contribution is 5.96. The van der Waals surface area contributed by atoms with Crippen LogP contribution in [0.1, 0.15) is 41.2 Å². The second kappa shape index (κ2) is 7.77. The fraction of sp³-hybridized carbons (Fsp3) is 0.368. The second-order valence-electron chi connectivity index (χ2n) is 5.52. The van der Waals surface area contributed by atoms with Gasteiger partial charge in [0.2, 0.25) is 0 Å². The van der Waals surface area contributed by atoms with Gasteiger partial charge in [-0.3, -0.25) is 9.48 Å². The number of hydrogen-bond acceptors (Lipinski definition) is 2. The third-order valence-electron chi connectivity index (χ3n) is 4.00. The van der Waals surface area contributed by atoms with Crippen LogP contribution in [0.3, 0.4) is 0 Å². The van der Waals surface area contributed by atoms with E-state index < -0.39 is 0 Å². The molecule has 0 spiro atoms. The Morgan fingerprint density at radius 2 is 1.91 bits per heavy atom. The van der Waals surface area contributed by atoms with Crippen molar-refractivity contribution in [3.63, 3.8) is 0 Å². The maximum atomic E-state index is 12.8. The van der Waals surface area contributed by atoms with Crippen molar-refractivity contribution in [2.45, 2.75) is 34.2 Å². The fourth-order valence-electron chi connectivity index (χ4n) is 2.71. The molecular formula is C19H25N3O. The van der Waals surface area contributed by atoms with Crippen LogP contribution < -0.4 is 0 Å². The summed E-state index contributed by atoms with van der Waals surface area (Å²) >= 11 is 0. The Bertz CT molecular complexity index is 686. The van der Waals surface area contributed by atoms with Gasteiger partial charge in [0.25, 0.3) is 5.91 Å². The SMILES string of the molecule is CCN(C/C=C/c1ccccc1)C(=O)c1c(C)nn(CC)c1C. The lowest BCUT2D eigenvalue weighted by Gasteiger charge is -2.19. The molecule has 1 heterocycles. The van der Waals surface area contributed by atoms with E-state index >= 15 is 0 Å². The zero-order valence-electron chi connectivity index (χ0n) is 14.4. The van der Waals surface area contributed by atoms with Crippen LogP contribution in [-0.4, -0.2) is 33.7 Å². The minimum absolute atomic E-state index is 0.0555. The summed E-state index contributed by atoms with van der Waals surface area (Å²) in [5.74, 6) is 0.0555. The summed E-state index contributed by atoms with van der Waals surface area (Å²) in [7, 11) is 0. The minimum atomic E-state index is 0.0555. The Labute approximate surface area is 138 Å². The van der Waals surface area contributed by atoms with Gasteiger partial charge >= 0.3 is 0 Å². The van der Waals surface area contributed by atoms with Crippen LogP contribution in [0.5, 0.6) is 0 Å². The van der Waals surface area contributed by atoms with E-state index in [9.17, 15) is 4.79 Å². The minimum Gasteiger partial charge on any atom is -0.335 e. The number of hydrogen-bond donors (Lipinski definition) is 0. The molecule has 1 amide bonds. The molecule has 0 bridgehead atoms. The quantitative estimate of drug-likeness (QED) is 0.816. The molecule has 0 fully saturated rings. The number of amides is 1. The van der Waals surface area contributed by atoms with Gasteiger partial charge in [-0.1, -0.05) is 42.5 Å². The van der Waals surface area contributed by atoms with Gasteiger partial charge in [0.1, 0.15) is 0 Å². The first-order valence-corrected chi connectivity index (χ1v) is 8.13. The van der Waals surface area contributed by atoms with E-state index in [1.54, 1.807) is 0 Å². The van der Waals surface area contributed by atoms with Gasteiger partial charge in [-0.25, -0.2) is 0 Å². The second-order valence-corrected chi connectivity index (χ2v) is 5.52. The Kier molecular flexibility index (Phi) is 5.74. The lowest BCUT2D eigenvalue weighted by Crippen LogP contribution is -2.31. The predicted octanol–water partition coefficient (Wildman–Crippen LogP) is 3.70. The average molecular weight is 311 g/mol. The van der Waals surface area contributed by atoms with E-state index in [0.717, 1.165) is 29.1 Å². The molecule has 0 radical (unpaired) electrons. The van der Waals surface area contributed by atoms with Crippen LogP contribution in [0.2, 0.25) is 0 Å². The first-order chi connectivity index (χ1) is 11.1. The number of rotatable bonds is 6. The molecule has 4 nitrogen and oxygen atoms in total. The largest absolute Gasteiger partial charge is 0.335 e. The Morgan fingerprint density at radius 1 is 1.22 bits per heavy atom. The Morgan fingerprint density at radius 3 is 2.48 bits per heavy atom. The number of carbonyl (C=O) groups excluding carboxylic acids is 1. The molecule has 1 aromatic heterocycles. The van der Waals surface area contributed by atoms with Gasteiger partial charge in [-0.15, -0.1) is 0 Å². The zero-order chi connectivity index (χ0) is 16.8. The summed E-state index contributed by atoms with van der Waals surface area (Å²) in [6.07, 6.45) is 4.08. The van der Waals surface area contributed by atoms with Crippen molar-refractivity contribution in [2.24, 2.45) is 0 Å². The molecule has 1 aromatic carbocycles. The van der Waals surface area contributed by atoms with Gasteiger partial charge in [0.05, 0.1) is 11.3 Å². The van der Waals surface area contributed by atoms with E-state index in [4.69, 9.17) is 0 Å². The molecule has 0 N–H and O–H groups in total. The number of nitrogens with zero attached hydrogens (tertiary/aromatic N) is 3. The molecule has 0 atom stereocenters. The Hall–Kier alpha value is -2.36. The maximum Gasteiger partial charge on any atom is 0.257 e. The molecule has 0 aliphatic carbocycles. The van der Waals surface area contributed by atoms with Crippen molar-refractivity contribution in [3.05, 3.63) is 58.9 Å². The molecule has 0 aliphatic rings. The summed E-state index contributed by atoms with van der Waals surface area (Å²) in [6, 6.07) is 10.1. The Balaban J connectivity index is 2.13. The standard InChI is InChI=1S/C19H25N3O/c1-5-21(14-10-13-17-11-8-7-9-12-17)19(23)18-15(3)20-22(6-2)16(18)4/h7-13H,5-6,14H2,1-4H3/b13-10+. The summed E-state index contributed by atoms with van der Waals surface area (Å²) in [5.41, 5.74) is 3.63. The molecule has 122 valence electrons. The van der Waals surface area contributed by atoms with E-state index in [1.807, 2.05) is 79.8 Å². The van der Waals surface area contributed by atoms with Gasteiger partial charge in [0.15, 0.2) is 0 Å². The molecule has 0 saturated carbocycles. The highest BCUT2D eigenvalue weighted by atomic mass is 16.2. The fourth-order valence-corrected chi connectivity index (χ4v) is 2.71. The molecular weight excluding hydrogens is 286 g/mol. The van der Waals surface area contributed by atoms with Crippen molar-refractivity contribution in [1.82, 2.24) is 14.7 Å².